The van der Waals surface area contributed by atoms with Crippen LogP contribution in [0, 0.1) is 0 Å². The van der Waals surface area contributed by atoms with Crippen LogP contribution >= 0.6 is 0 Å². The number of benzene rings is 2. The number of rotatable bonds is 3. The Kier molecular flexibility index (Phi) is 4.73. The number of methoxy groups -OCH3 is 1. The second-order valence-electron chi connectivity index (χ2n) is 6.56. The van der Waals surface area contributed by atoms with Crippen molar-refractivity contribution in [2.75, 3.05) is 7.11 Å². The molecule has 0 radical (unpaired) electrons. The van der Waals surface area contributed by atoms with Gasteiger partial charge in [0.25, 0.3) is 11.5 Å². The number of halogens is 3. The Morgan fingerprint density at radius 1 is 1.07 bits per heavy atom. The Bertz CT molecular complexity index is 1190. The summed E-state index contributed by atoms with van der Waals surface area (Å²) < 4.78 is 49.4. The molecule has 1 aromatic heterocycles. The average Bonchev–Trinajstić information content (AvgIpc) is 2.72. The molecule has 1 aliphatic heterocycles. The Morgan fingerprint density at radius 3 is 2.50 bits per heavy atom. The topological polar surface area (TPSA) is 80.4 Å². The van der Waals surface area contributed by atoms with Gasteiger partial charge < -0.3 is 19.8 Å². The van der Waals surface area contributed by atoms with Crippen molar-refractivity contribution in [2.24, 2.45) is 0 Å². The number of H-pyrrole nitrogens is 1. The summed E-state index contributed by atoms with van der Waals surface area (Å²) in [7, 11) is 1.51. The fourth-order valence-electron chi connectivity index (χ4n) is 3.25. The molecule has 0 saturated carbocycles. The van der Waals surface area contributed by atoms with Crippen molar-refractivity contribution in [3.8, 4) is 17.2 Å². The third-order valence-corrected chi connectivity index (χ3v) is 4.72. The summed E-state index contributed by atoms with van der Waals surface area (Å²) in [4.78, 5) is 26.6. The predicted molar refractivity (Wildman–Crippen MR) is 101 cm³/mol. The van der Waals surface area contributed by atoms with Crippen LogP contribution in [0.25, 0.3) is 0 Å². The van der Waals surface area contributed by atoms with Gasteiger partial charge in [0.1, 0.15) is 28.5 Å². The number of para-hydroxylation sites is 1. The molecule has 2 N–H and O–H groups in total. The second kappa shape index (κ2) is 7.25. The second-order valence-corrected chi connectivity index (χ2v) is 6.56. The maximum absolute atomic E-state index is 12.8. The molecule has 3 aromatic rings. The van der Waals surface area contributed by atoms with Crippen molar-refractivity contribution >= 4 is 5.91 Å². The van der Waals surface area contributed by atoms with Crippen molar-refractivity contribution in [1.82, 2.24) is 10.3 Å². The molecule has 4 rings (SSSR count). The van der Waals surface area contributed by atoms with Crippen LogP contribution in [0.15, 0.2) is 59.4 Å². The molecule has 2 aromatic carbocycles. The maximum Gasteiger partial charge on any atom is 0.431 e. The number of aromatic amines is 1. The molecule has 0 saturated heterocycles. The zero-order chi connectivity index (χ0) is 21.5. The highest BCUT2D eigenvalue weighted by Gasteiger charge is 2.33. The maximum atomic E-state index is 12.8. The van der Waals surface area contributed by atoms with Gasteiger partial charge in [0, 0.05) is 17.2 Å². The van der Waals surface area contributed by atoms with Crippen LogP contribution in [0.2, 0.25) is 0 Å². The number of carbonyl (C=O) groups excluding carboxylic acids is 1. The van der Waals surface area contributed by atoms with Crippen LogP contribution in [0.1, 0.15) is 33.2 Å². The lowest BCUT2D eigenvalue weighted by Gasteiger charge is -2.29. The molecule has 0 bridgehead atoms. The van der Waals surface area contributed by atoms with E-state index in [1.807, 2.05) is 0 Å². The minimum Gasteiger partial charge on any atom is -0.497 e. The van der Waals surface area contributed by atoms with Gasteiger partial charge in [-0.25, -0.2) is 0 Å². The van der Waals surface area contributed by atoms with Crippen molar-refractivity contribution in [3.05, 3.63) is 87.3 Å². The lowest BCUT2D eigenvalue weighted by molar-refractivity contribution is -0.141. The van der Waals surface area contributed by atoms with Gasteiger partial charge in [-0.05, 0) is 30.3 Å². The number of hydrogen-bond acceptors (Lipinski definition) is 4. The zero-order valence-electron chi connectivity index (χ0n) is 15.5. The number of amides is 1. The molecule has 30 heavy (non-hydrogen) atoms. The van der Waals surface area contributed by atoms with E-state index in [2.05, 4.69) is 5.32 Å². The van der Waals surface area contributed by atoms with E-state index in [4.69, 9.17) is 9.47 Å². The van der Waals surface area contributed by atoms with E-state index in [-0.39, 0.29) is 0 Å². The zero-order valence-corrected chi connectivity index (χ0v) is 15.5. The first-order chi connectivity index (χ1) is 14.3. The molecule has 9 heteroatoms. The molecule has 6 nitrogen and oxygen atoms in total. The molecular weight excluding hydrogens is 401 g/mol. The van der Waals surface area contributed by atoms with Crippen LogP contribution in [0.4, 0.5) is 13.2 Å². The minimum atomic E-state index is -4.72. The first-order valence-electron chi connectivity index (χ1n) is 8.84. The number of pyridine rings is 1. The lowest BCUT2D eigenvalue weighted by atomic mass is 9.94. The summed E-state index contributed by atoms with van der Waals surface area (Å²) in [6.07, 6.45) is -4.72. The van der Waals surface area contributed by atoms with Crippen LogP contribution in [-0.2, 0) is 6.18 Å². The van der Waals surface area contributed by atoms with Gasteiger partial charge in [0.2, 0.25) is 0 Å². The third-order valence-electron chi connectivity index (χ3n) is 4.72. The summed E-state index contributed by atoms with van der Waals surface area (Å²) in [5.74, 6) is 0.704. The van der Waals surface area contributed by atoms with Gasteiger partial charge in [-0.2, -0.15) is 13.2 Å². The van der Waals surface area contributed by atoms with Crippen LogP contribution in [0.3, 0.4) is 0 Å². The molecule has 1 unspecified atom stereocenters. The highest BCUT2D eigenvalue weighted by atomic mass is 19.4. The standard InChI is InChI=1S/C21H15F3N2O4/c1-29-11-6-7-13-16(10-11)30-15-5-3-2-4-12(15)18(13)26-20(28)14-8-9-17(21(22,23)24)25-19(14)27/h2-10,18H,1H3,(H,25,27)(H,26,28). The van der Waals surface area contributed by atoms with Crippen LogP contribution in [-0.4, -0.2) is 18.0 Å². The fourth-order valence-corrected chi connectivity index (χ4v) is 3.25. The molecule has 2 heterocycles. The van der Waals surface area contributed by atoms with Gasteiger partial charge in [-0.3, -0.25) is 9.59 Å². The van der Waals surface area contributed by atoms with Crippen molar-refractivity contribution in [2.45, 2.75) is 12.2 Å². The summed E-state index contributed by atoms with van der Waals surface area (Å²) in [5.41, 5.74) is -1.52. The molecule has 0 spiro atoms. The SMILES string of the molecule is COc1ccc2c(c1)Oc1ccccc1C2NC(=O)c1ccc(C(F)(F)F)[nH]c1=O. The van der Waals surface area contributed by atoms with Crippen LogP contribution < -0.4 is 20.3 Å². The lowest BCUT2D eigenvalue weighted by Crippen LogP contribution is -2.35. The summed E-state index contributed by atoms with van der Waals surface area (Å²) >= 11 is 0. The summed E-state index contributed by atoms with van der Waals surface area (Å²) in [6, 6.07) is 12.9. The number of aromatic nitrogens is 1. The van der Waals surface area contributed by atoms with Gasteiger partial charge in [-0.1, -0.05) is 18.2 Å². The van der Waals surface area contributed by atoms with Gasteiger partial charge in [-0.15, -0.1) is 0 Å². The summed E-state index contributed by atoms with van der Waals surface area (Å²) in [5, 5.41) is 2.72. The van der Waals surface area contributed by atoms with Crippen molar-refractivity contribution in [1.29, 1.82) is 0 Å². The largest absolute Gasteiger partial charge is 0.497 e. The van der Waals surface area contributed by atoms with E-state index in [0.717, 1.165) is 6.07 Å². The first-order valence-corrected chi connectivity index (χ1v) is 8.84. The van der Waals surface area contributed by atoms with Gasteiger partial charge in [0.15, 0.2) is 0 Å². The van der Waals surface area contributed by atoms with Crippen LogP contribution in [0.5, 0.6) is 17.2 Å². The van der Waals surface area contributed by atoms with Crippen molar-refractivity contribution < 1.29 is 27.4 Å². The monoisotopic (exact) mass is 416 g/mol. The van der Waals surface area contributed by atoms with E-state index < -0.39 is 34.9 Å². The third kappa shape index (κ3) is 3.49. The molecule has 1 aliphatic rings. The number of carbonyl (C=O) groups is 1. The van der Waals surface area contributed by atoms with Gasteiger partial charge in [0.05, 0.1) is 13.2 Å². The number of nitrogens with one attached hydrogen (secondary N) is 2. The van der Waals surface area contributed by atoms with E-state index >= 15 is 0 Å². The number of fused-ring (bicyclic) bond motifs is 2. The Morgan fingerprint density at radius 2 is 1.80 bits per heavy atom. The number of ether oxygens (including phenoxy) is 2. The van der Waals surface area contributed by atoms with E-state index in [9.17, 15) is 22.8 Å². The molecule has 154 valence electrons. The summed E-state index contributed by atoms with van der Waals surface area (Å²) in [6.45, 7) is 0. The normalized spacial score (nSPS) is 14.9. The Labute approximate surface area is 168 Å². The molecule has 1 amide bonds. The highest BCUT2D eigenvalue weighted by molar-refractivity contribution is 5.94. The fraction of sp³-hybridized carbons (Fsp3) is 0.143. The Hall–Kier alpha value is -3.75. The van der Waals surface area contributed by atoms with Crippen molar-refractivity contribution in [3.63, 3.8) is 0 Å². The quantitative estimate of drug-likeness (QED) is 0.676. The minimum absolute atomic E-state index is 0.429. The molecule has 0 aliphatic carbocycles. The average molecular weight is 416 g/mol. The predicted octanol–water partition coefficient (Wildman–Crippen LogP) is 4.03. The number of alkyl halides is 3. The smallest absolute Gasteiger partial charge is 0.431 e. The highest BCUT2D eigenvalue weighted by Crippen LogP contribution is 2.44. The number of hydrogen-bond donors (Lipinski definition) is 2. The van der Waals surface area contributed by atoms with E-state index in [1.54, 1.807) is 47.4 Å². The molecular formula is C21H15F3N2O4. The Balaban J connectivity index is 1.71. The molecule has 1 atom stereocenters. The molecule has 0 fully saturated rings. The van der Waals surface area contributed by atoms with E-state index in [0.29, 0.717) is 34.4 Å². The van der Waals surface area contributed by atoms with Gasteiger partial charge >= 0.3 is 6.18 Å². The first kappa shape index (κ1) is 19.6. The van der Waals surface area contributed by atoms with E-state index in [1.165, 1.54) is 7.11 Å².